The molecule has 1 heterocycles. The Bertz CT molecular complexity index is 526. The lowest BCUT2D eigenvalue weighted by molar-refractivity contribution is 0.0945. The van der Waals surface area contributed by atoms with Gasteiger partial charge in [-0.2, -0.15) is 0 Å². The summed E-state index contributed by atoms with van der Waals surface area (Å²) in [5.74, 6) is -0.242. The second-order valence-corrected chi connectivity index (χ2v) is 3.84. The number of nitrogens with one attached hydrogen (secondary N) is 1. The van der Waals surface area contributed by atoms with Crippen molar-refractivity contribution in [3.8, 4) is 0 Å². The molecule has 4 heteroatoms. The van der Waals surface area contributed by atoms with Gasteiger partial charge in [-0.15, -0.1) is 0 Å². The molecule has 1 aromatic carbocycles. The topological polar surface area (TPSA) is 62.2 Å². The highest BCUT2D eigenvalue weighted by molar-refractivity contribution is 5.92. The molecule has 2 aromatic rings. The smallest absolute Gasteiger partial charge is 0.270 e. The summed E-state index contributed by atoms with van der Waals surface area (Å²) < 4.78 is 0. The Labute approximate surface area is 105 Å². The summed E-state index contributed by atoms with van der Waals surface area (Å²) in [6, 6.07) is 14.7. The molecular formula is C14H14N2O2. The van der Waals surface area contributed by atoms with E-state index in [0.29, 0.717) is 17.9 Å². The Balaban J connectivity index is 1.99. The third kappa shape index (κ3) is 3.15. The van der Waals surface area contributed by atoms with Gasteiger partial charge < -0.3 is 10.4 Å². The van der Waals surface area contributed by atoms with Crippen LogP contribution in [-0.4, -0.2) is 16.0 Å². The van der Waals surface area contributed by atoms with Crippen LogP contribution in [0.5, 0.6) is 0 Å². The number of nitrogens with zero attached hydrogens (tertiary/aromatic N) is 1. The largest absolute Gasteiger partial charge is 0.390 e. The SMILES string of the molecule is O=C(NCc1ccccc1)c1cccc(CO)n1. The van der Waals surface area contributed by atoms with Gasteiger partial charge in [0.1, 0.15) is 5.69 Å². The van der Waals surface area contributed by atoms with Gasteiger partial charge in [-0.3, -0.25) is 4.79 Å². The molecule has 2 N–H and O–H groups in total. The Hall–Kier alpha value is -2.20. The summed E-state index contributed by atoms with van der Waals surface area (Å²) in [4.78, 5) is 15.9. The maximum absolute atomic E-state index is 11.8. The van der Waals surface area contributed by atoms with Gasteiger partial charge in [-0.05, 0) is 17.7 Å². The van der Waals surface area contributed by atoms with Crippen LogP contribution in [0.2, 0.25) is 0 Å². The summed E-state index contributed by atoms with van der Waals surface area (Å²) >= 11 is 0. The van der Waals surface area contributed by atoms with Crippen molar-refractivity contribution in [1.29, 1.82) is 0 Å². The molecule has 92 valence electrons. The molecule has 0 aliphatic carbocycles. The van der Waals surface area contributed by atoms with Crippen molar-refractivity contribution in [3.05, 3.63) is 65.5 Å². The molecule has 0 radical (unpaired) electrons. The lowest BCUT2D eigenvalue weighted by atomic mass is 10.2. The molecule has 0 aliphatic heterocycles. The van der Waals surface area contributed by atoms with E-state index < -0.39 is 0 Å². The molecule has 0 saturated heterocycles. The minimum Gasteiger partial charge on any atom is -0.390 e. The first-order chi connectivity index (χ1) is 8.79. The van der Waals surface area contributed by atoms with E-state index in [4.69, 9.17) is 5.11 Å². The molecular weight excluding hydrogens is 228 g/mol. The summed E-state index contributed by atoms with van der Waals surface area (Å²) in [6.45, 7) is 0.296. The van der Waals surface area contributed by atoms with Crippen LogP contribution < -0.4 is 5.32 Å². The van der Waals surface area contributed by atoms with E-state index in [-0.39, 0.29) is 12.5 Å². The summed E-state index contributed by atoms with van der Waals surface area (Å²) in [5.41, 5.74) is 1.84. The number of carbonyl (C=O) groups excluding carboxylic acids is 1. The van der Waals surface area contributed by atoms with Crippen molar-refractivity contribution >= 4 is 5.91 Å². The molecule has 0 spiro atoms. The Kier molecular flexibility index (Phi) is 4.04. The standard InChI is InChI=1S/C14H14N2O2/c17-10-12-7-4-8-13(16-12)14(18)15-9-11-5-2-1-3-6-11/h1-8,17H,9-10H2,(H,15,18). The van der Waals surface area contributed by atoms with Crippen LogP contribution in [0.15, 0.2) is 48.5 Å². The van der Waals surface area contributed by atoms with Crippen LogP contribution in [0.25, 0.3) is 0 Å². The highest BCUT2D eigenvalue weighted by Gasteiger charge is 2.07. The number of hydrogen-bond donors (Lipinski definition) is 2. The van der Waals surface area contributed by atoms with E-state index in [0.717, 1.165) is 5.56 Å². The zero-order valence-electron chi connectivity index (χ0n) is 9.84. The first-order valence-corrected chi connectivity index (χ1v) is 5.68. The van der Waals surface area contributed by atoms with E-state index in [1.807, 2.05) is 30.3 Å². The molecule has 0 atom stereocenters. The van der Waals surface area contributed by atoms with Crippen LogP contribution in [0, 0.1) is 0 Å². The quantitative estimate of drug-likeness (QED) is 0.854. The lowest BCUT2D eigenvalue weighted by Gasteiger charge is -2.05. The molecule has 0 aliphatic rings. The Morgan fingerprint density at radius 2 is 1.89 bits per heavy atom. The molecule has 0 unspecified atom stereocenters. The predicted octanol–water partition coefficient (Wildman–Crippen LogP) is 1.50. The van der Waals surface area contributed by atoms with Crippen LogP contribution >= 0.6 is 0 Å². The van der Waals surface area contributed by atoms with Gasteiger partial charge in [-0.1, -0.05) is 36.4 Å². The minimum absolute atomic E-state index is 0.167. The molecule has 1 aromatic heterocycles. The van der Waals surface area contributed by atoms with Crippen LogP contribution in [0.1, 0.15) is 21.7 Å². The van der Waals surface area contributed by atoms with E-state index in [1.54, 1.807) is 18.2 Å². The van der Waals surface area contributed by atoms with Crippen molar-refractivity contribution in [1.82, 2.24) is 10.3 Å². The molecule has 18 heavy (non-hydrogen) atoms. The second kappa shape index (κ2) is 5.93. The van der Waals surface area contributed by atoms with Crippen molar-refractivity contribution in [2.24, 2.45) is 0 Å². The maximum Gasteiger partial charge on any atom is 0.270 e. The minimum atomic E-state index is -0.242. The fourth-order valence-electron chi connectivity index (χ4n) is 1.56. The van der Waals surface area contributed by atoms with Gasteiger partial charge in [-0.25, -0.2) is 4.98 Å². The number of aromatic nitrogens is 1. The van der Waals surface area contributed by atoms with E-state index in [2.05, 4.69) is 10.3 Å². The number of carbonyl (C=O) groups is 1. The molecule has 4 nitrogen and oxygen atoms in total. The van der Waals surface area contributed by atoms with Crippen molar-refractivity contribution in [3.63, 3.8) is 0 Å². The molecule has 1 amide bonds. The van der Waals surface area contributed by atoms with Gasteiger partial charge in [0.25, 0.3) is 5.91 Å². The second-order valence-electron chi connectivity index (χ2n) is 3.84. The van der Waals surface area contributed by atoms with Crippen molar-refractivity contribution in [2.45, 2.75) is 13.2 Å². The van der Waals surface area contributed by atoms with Crippen molar-refractivity contribution < 1.29 is 9.90 Å². The maximum atomic E-state index is 11.8. The summed E-state index contributed by atoms with van der Waals surface area (Å²) in [7, 11) is 0. The van der Waals surface area contributed by atoms with Crippen LogP contribution in [0.3, 0.4) is 0 Å². The van der Waals surface area contributed by atoms with E-state index in [1.165, 1.54) is 0 Å². The zero-order chi connectivity index (χ0) is 12.8. The van der Waals surface area contributed by atoms with Gasteiger partial charge in [0.2, 0.25) is 0 Å². The lowest BCUT2D eigenvalue weighted by Crippen LogP contribution is -2.24. The number of aliphatic hydroxyl groups excluding tert-OH is 1. The molecule has 0 fully saturated rings. The van der Waals surface area contributed by atoms with Crippen LogP contribution in [-0.2, 0) is 13.2 Å². The summed E-state index contributed by atoms with van der Waals surface area (Å²) in [5, 5.41) is 11.7. The highest BCUT2D eigenvalue weighted by atomic mass is 16.3. The van der Waals surface area contributed by atoms with Crippen LogP contribution in [0.4, 0.5) is 0 Å². The van der Waals surface area contributed by atoms with E-state index in [9.17, 15) is 4.79 Å². The monoisotopic (exact) mass is 242 g/mol. The number of pyridine rings is 1. The number of benzene rings is 1. The van der Waals surface area contributed by atoms with Gasteiger partial charge in [0.15, 0.2) is 0 Å². The number of aliphatic hydroxyl groups is 1. The fourth-order valence-corrected chi connectivity index (χ4v) is 1.56. The normalized spacial score (nSPS) is 10.1. The summed E-state index contributed by atoms with van der Waals surface area (Å²) in [6.07, 6.45) is 0. The Morgan fingerprint density at radius 3 is 2.61 bits per heavy atom. The highest BCUT2D eigenvalue weighted by Crippen LogP contribution is 2.01. The average Bonchev–Trinajstić information content (AvgIpc) is 2.46. The van der Waals surface area contributed by atoms with Crippen molar-refractivity contribution in [2.75, 3.05) is 0 Å². The van der Waals surface area contributed by atoms with Gasteiger partial charge in [0, 0.05) is 6.54 Å². The first kappa shape index (κ1) is 12.3. The van der Waals surface area contributed by atoms with Gasteiger partial charge in [0.05, 0.1) is 12.3 Å². The Morgan fingerprint density at radius 1 is 1.11 bits per heavy atom. The number of rotatable bonds is 4. The van der Waals surface area contributed by atoms with Gasteiger partial charge >= 0.3 is 0 Å². The molecule has 0 saturated carbocycles. The molecule has 0 bridgehead atoms. The predicted molar refractivity (Wildman–Crippen MR) is 67.8 cm³/mol. The number of amides is 1. The van der Waals surface area contributed by atoms with E-state index >= 15 is 0 Å². The fraction of sp³-hybridized carbons (Fsp3) is 0.143. The first-order valence-electron chi connectivity index (χ1n) is 5.68. The zero-order valence-corrected chi connectivity index (χ0v) is 9.84. The molecule has 2 rings (SSSR count). The average molecular weight is 242 g/mol. The number of hydrogen-bond acceptors (Lipinski definition) is 3. The third-order valence-electron chi connectivity index (χ3n) is 2.50. The third-order valence-corrected chi connectivity index (χ3v) is 2.50.